The number of nitrogens with zero attached hydrogens (tertiary/aromatic N) is 2. The molecule has 4 aliphatic rings. The molecule has 0 unspecified atom stereocenters. The van der Waals surface area contributed by atoms with Crippen molar-refractivity contribution in [1.29, 1.82) is 0 Å². The average molecular weight is 503 g/mol. The molecule has 36 heavy (non-hydrogen) atoms. The Morgan fingerprint density at radius 2 is 2.00 bits per heavy atom. The summed E-state index contributed by atoms with van der Waals surface area (Å²) in [6.45, 7) is 5.97. The molecule has 0 aromatic carbocycles. The fourth-order valence-corrected chi connectivity index (χ4v) is 9.19. The highest BCUT2D eigenvalue weighted by Crippen LogP contribution is 2.71. The molecule has 5 rings (SSSR count). The zero-order valence-electron chi connectivity index (χ0n) is 21.7. The van der Waals surface area contributed by atoms with Crippen LogP contribution in [0.1, 0.15) is 89.5 Å². The minimum atomic E-state index is -0.728. The van der Waals surface area contributed by atoms with Crippen molar-refractivity contribution < 1.29 is 19.1 Å². The molecular weight excluding hydrogens is 460 g/mol. The molecule has 1 aromatic heterocycles. The summed E-state index contributed by atoms with van der Waals surface area (Å²) in [7, 11) is 0. The summed E-state index contributed by atoms with van der Waals surface area (Å²) in [6.07, 6.45) is 13.6. The third-order valence-electron chi connectivity index (χ3n) is 10.9. The van der Waals surface area contributed by atoms with Gasteiger partial charge in [0.25, 0.3) is 5.09 Å². The number of hydrogen-bond donors (Lipinski definition) is 2. The summed E-state index contributed by atoms with van der Waals surface area (Å²) in [4.78, 5) is 21.8. The summed E-state index contributed by atoms with van der Waals surface area (Å²) in [6, 6.07) is 2.03. The molecule has 0 saturated heterocycles. The van der Waals surface area contributed by atoms with Gasteiger partial charge in [-0.2, -0.15) is 0 Å². The van der Waals surface area contributed by atoms with Gasteiger partial charge in [0.05, 0.1) is 18.6 Å². The number of guanidine groups is 1. The summed E-state index contributed by atoms with van der Waals surface area (Å²) >= 11 is 0. The zero-order valence-corrected chi connectivity index (χ0v) is 21.7. The molecule has 4 fully saturated rings. The summed E-state index contributed by atoms with van der Waals surface area (Å²) in [5.74, 6) is 1.58. The molecule has 9 heteroatoms. The minimum Gasteiger partial charge on any atom is -0.472 e. The Kier molecular flexibility index (Phi) is 6.72. The first-order chi connectivity index (χ1) is 17.2. The van der Waals surface area contributed by atoms with Crippen LogP contribution in [0, 0.1) is 38.7 Å². The van der Waals surface area contributed by atoms with Gasteiger partial charge in [-0.05, 0) is 105 Å². The van der Waals surface area contributed by atoms with Crippen LogP contribution in [0.5, 0.6) is 0 Å². The number of hydrogen-bond acceptors (Lipinski definition) is 6. The second kappa shape index (κ2) is 9.54. The summed E-state index contributed by atoms with van der Waals surface area (Å²) in [5, 5.41) is 11.4. The first kappa shape index (κ1) is 25.4. The first-order valence-corrected chi connectivity index (χ1v) is 13.7. The molecule has 1 heterocycles. The predicted molar refractivity (Wildman–Crippen MR) is 136 cm³/mol. The van der Waals surface area contributed by atoms with Crippen LogP contribution in [-0.4, -0.2) is 35.9 Å². The van der Waals surface area contributed by atoms with Crippen molar-refractivity contribution in [3.05, 3.63) is 34.3 Å². The van der Waals surface area contributed by atoms with Crippen molar-refractivity contribution in [2.75, 3.05) is 13.2 Å². The molecule has 8 atom stereocenters. The Hall–Kier alpha value is -2.29. The van der Waals surface area contributed by atoms with E-state index in [1.807, 2.05) is 12.3 Å². The normalized spacial score (nSPS) is 41.6. The topological polar surface area (TPSA) is 139 Å². The lowest BCUT2D eigenvalue weighted by atomic mass is 9.43. The van der Waals surface area contributed by atoms with Crippen LogP contribution >= 0.6 is 0 Å². The van der Waals surface area contributed by atoms with Crippen molar-refractivity contribution >= 4 is 5.96 Å². The molecule has 0 amide bonds. The van der Waals surface area contributed by atoms with E-state index in [9.17, 15) is 10.1 Å². The number of fused-ring (bicyclic) bond motifs is 5. The van der Waals surface area contributed by atoms with Crippen molar-refractivity contribution in [2.24, 2.45) is 45.0 Å². The zero-order chi connectivity index (χ0) is 25.6. The van der Waals surface area contributed by atoms with Crippen LogP contribution in [-0.2, 0) is 9.57 Å². The van der Waals surface area contributed by atoms with Gasteiger partial charge in [0.1, 0.15) is 5.60 Å². The number of rotatable bonds is 8. The lowest BCUT2D eigenvalue weighted by Gasteiger charge is -2.64. The van der Waals surface area contributed by atoms with E-state index in [4.69, 9.17) is 25.5 Å². The lowest BCUT2D eigenvalue weighted by molar-refractivity contribution is -0.790. The average Bonchev–Trinajstić information content (AvgIpc) is 3.44. The van der Waals surface area contributed by atoms with Gasteiger partial charge in [-0.3, -0.25) is 4.99 Å². The van der Waals surface area contributed by atoms with Gasteiger partial charge < -0.3 is 25.5 Å². The molecule has 0 spiro atoms. The van der Waals surface area contributed by atoms with Crippen LogP contribution in [0.4, 0.5) is 0 Å². The van der Waals surface area contributed by atoms with Crippen LogP contribution in [0.25, 0.3) is 0 Å². The Morgan fingerprint density at radius 1 is 1.17 bits per heavy atom. The largest absolute Gasteiger partial charge is 0.472 e. The van der Waals surface area contributed by atoms with Crippen LogP contribution in [0.2, 0.25) is 0 Å². The van der Waals surface area contributed by atoms with Crippen LogP contribution in [0.15, 0.2) is 28.0 Å². The Bertz CT molecular complexity index is 965. The van der Waals surface area contributed by atoms with Crippen molar-refractivity contribution in [2.45, 2.75) is 95.7 Å². The highest BCUT2D eigenvalue weighted by atomic mass is 17.0. The smallest absolute Gasteiger partial charge is 0.295 e. The highest BCUT2D eigenvalue weighted by Gasteiger charge is 2.70. The van der Waals surface area contributed by atoms with Gasteiger partial charge in [0, 0.05) is 18.6 Å². The Balaban J connectivity index is 1.33. The first-order valence-electron chi connectivity index (χ1n) is 13.7. The van der Waals surface area contributed by atoms with E-state index >= 15 is 0 Å². The van der Waals surface area contributed by atoms with Crippen LogP contribution in [0.3, 0.4) is 0 Å². The minimum absolute atomic E-state index is 0.126. The van der Waals surface area contributed by atoms with Crippen LogP contribution < -0.4 is 11.5 Å². The fraction of sp³-hybridized carbons (Fsp3) is 0.815. The third-order valence-corrected chi connectivity index (χ3v) is 10.9. The molecule has 0 aliphatic heterocycles. The van der Waals surface area contributed by atoms with E-state index in [-0.39, 0.29) is 34.7 Å². The molecular formula is C27H42N4O5. The maximum Gasteiger partial charge on any atom is 0.295 e. The predicted octanol–water partition coefficient (Wildman–Crippen LogP) is 4.79. The van der Waals surface area contributed by atoms with E-state index in [1.54, 1.807) is 6.26 Å². The molecule has 1 aromatic rings. The van der Waals surface area contributed by atoms with Crippen molar-refractivity contribution in [3.8, 4) is 0 Å². The van der Waals surface area contributed by atoms with E-state index < -0.39 is 10.7 Å². The second-order valence-electron chi connectivity index (χ2n) is 12.2. The summed E-state index contributed by atoms with van der Waals surface area (Å²) < 4.78 is 11.7. The Labute approximate surface area is 213 Å². The summed E-state index contributed by atoms with van der Waals surface area (Å²) in [5.41, 5.74) is 11.1. The van der Waals surface area contributed by atoms with Gasteiger partial charge in [-0.15, -0.1) is 10.1 Å². The van der Waals surface area contributed by atoms with E-state index in [0.29, 0.717) is 25.0 Å². The van der Waals surface area contributed by atoms with Gasteiger partial charge >= 0.3 is 0 Å². The number of ether oxygens (including phenoxy) is 1. The lowest BCUT2D eigenvalue weighted by Crippen LogP contribution is -2.63. The fourth-order valence-electron chi connectivity index (χ4n) is 9.19. The molecule has 0 radical (unpaired) electrons. The molecule has 4 N–H and O–H groups in total. The standard InChI is InChI=1S/C27H42N4O5/c1-25-10-6-20(35-14-3-13-30-24(28)29)16-19(25)4-5-23-22(25)7-11-26(2)21(18-9-15-34-17-18)8-12-27(23,26)36-31(32)33/h9,15,17,19-23H,3-8,10-14,16H2,1-2H3,(H4,28,29,30)/t19-,20+,21-,22+,23-,25+,26-,27+/m1/s1. The van der Waals surface area contributed by atoms with Gasteiger partial charge in [-0.1, -0.05) is 13.8 Å². The monoisotopic (exact) mass is 502 g/mol. The molecule has 9 nitrogen and oxygen atoms in total. The highest BCUT2D eigenvalue weighted by molar-refractivity contribution is 5.75. The molecule has 0 bridgehead atoms. The molecule has 4 saturated carbocycles. The van der Waals surface area contributed by atoms with Gasteiger partial charge in [0.2, 0.25) is 0 Å². The second-order valence-corrected chi connectivity index (χ2v) is 12.2. The van der Waals surface area contributed by atoms with Crippen molar-refractivity contribution in [3.63, 3.8) is 0 Å². The van der Waals surface area contributed by atoms with E-state index in [1.165, 1.54) is 0 Å². The molecule has 200 valence electrons. The number of aliphatic imine (C=N–C) groups is 1. The molecule has 4 aliphatic carbocycles. The quantitative estimate of drug-likeness (QED) is 0.171. The number of nitrogens with two attached hydrogens (primary N) is 2. The maximum atomic E-state index is 11.9. The van der Waals surface area contributed by atoms with Gasteiger partial charge in [-0.25, -0.2) is 0 Å². The maximum absolute atomic E-state index is 11.9. The Morgan fingerprint density at radius 3 is 2.72 bits per heavy atom. The third kappa shape index (κ3) is 4.07. The number of furan rings is 1. The van der Waals surface area contributed by atoms with E-state index in [2.05, 4.69) is 18.8 Å². The van der Waals surface area contributed by atoms with Gasteiger partial charge in [0.15, 0.2) is 5.96 Å². The SMILES string of the molecule is C[C@]12CC[C@H](OCCCN=C(N)N)C[C@H]1CC[C@@H]1[C@@H]2CC[C@]2(C)[C@@H](c3ccoc3)CC[C@]12O[N+](=O)[O-]. The van der Waals surface area contributed by atoms with Crippen molar-refractivity contribution in [1.82, 2.24) is 0 Å². The van der Waals surface area contributed by atoms with E-state index in [0.717, 1.165) is 69.8 Å².